The Kier molecular flexibility index (Phi) is 6.55. The molecule has 0 aliphatic carbocycles. The van der Waals surface area contributed by atoms with Crippen LogP contribution >= 0.6 is 0 Å². The fourth-order valence-electron chi connectivity index (χ4n) is 8.27. The van der Waals surface area contributed by atoms with Crippen LogP contribution in [0.2, 0.25) is 0 Å². The van der Waals surface area contributed by atoms with E-state index in [1.807, 2.05) is 0 Å². The maximum Gasteiger partial charge on any atom is 0.143 e. The molecule has 0 bridgehead atoms. The highest BCUT2D eigenvalue weighted by molar-refractivity contribution is 6.20. The molecule has 11 aromatic rings. The van der Waals surface area contributed by atoms with E-state index in [1.165, 1.54) is 43.6 Å². The van der Waals surface area contributed by atoms with Crippen LogP contribution in [0.4, 0.5) is 17.1 Å². The average molecular weight is 677 g/mol. The van der Waals surface area contributed by atoms with Crippen LogP contribution < -0.4 is 4.90 Å². The van der Waals surface area contributed by atoms with Crippen molar-refractivity contribution in [2.24, 2.45) is 0 Å². The van der Waals surface area contributed by atoms with E-state index in [2.05, 4.69) is 204 Å². The predicted molar refractivity (Wildman–Crippen MR) is 223 cm³/mol. The number of fused-ring (bicyclic) bond motifs is 9. The van der Waals surface area contributed by atoms with Gasteiger partial charge in [0.25, 0.3) is 0 Å². The smallest absolute Gasteiger partial charge is 0.143 e. The van der Waals surface area contributed by atoms with Crippen molar-refractivity contribution >= 4 is 82.4 Å². The van der Waals surface area contributed by atoms with Gasteiger partial charge in [-0.25, -0.2) is 0 Å². The van der Waals surface area contributed by atoms with Gasteiger partial charge in [-0.1, -0.05) is 127 Å². The number of anilines is 3. The molecule has 2 aromatic heterocycles. The van der Waals surface area contributed by atoms with Crippen LogP contribution in [0.25, 0.3) is 82.1 Å². The molecular formula is C50H32N2O. The van der Waals surface area contributed by atoms with Gasteiger partial charge in [0.05, 0.1) is 22.1 Å². The van der Waals surface area contributed by atoms with Crippen LogP contribution in [-0.2, 0) is 0 Å². The van der Waals surface area contributed by atoms with Gasteiger partial charge < -0.3 is 13.9 Å². The van der Waals surface area contributed by atoms with Gasteiger partial charge in [0, 0.05) is 38.6 Å². The van der Waals surface area contributed by atoms with Crippen LogP contribution in [0.15, 0.2) is 199 Å². The summed E-state index contributed by atoms with van der Waals surface area (Å²) >= 11 is 0. The Morgan fingerprint density at radius 1 is 0.396 bits per heavy atom. The van der Waals surface area contributed by atoms with Crippen molar-refractivity contribution in [2.45, 2.75) is 0 Å². The van der Waals surface area contributed by atoms with E-state index in [-0.39, 0.29) is 0 Å². The van der Waals surface area contributed by atoms with Crippen molar-refractivity contribution in [1.82, 2.24) is 4.57 Å². The van der Waals surface area contributed by atoms with Crippen molar-refractivity contribution in [2.75, 3.05) is 4.90 Å². The molecule has 2 heterocycles. The second-order valence-electron chi connectivity index (χ2n) is 13.7. The monoisotopic (exact) mass is 676 g/mol. The lowest BCUT2D eigenvalue weighted by Crippen LogP contribution is -2.10. The number of para-hydroxylation sites is 2. The van der Waals surface area contributed by atoms with Crippen LogP contribution in [0.3, 0.4) is 0 Å². The van der Waals surface area contributed by atoms with Crippen LogP contribution in [0, 0.1) is 0 Å². The predicted octanol–water partition coefficient (Wildman–Crippen LogP) is 14.1. The van der Waals surface area contributed by atoms with Crippen molar-refractivity contribution in [1.29, 1.82) is 0 Å². The Morgan fingerprint density at radius 2 is 1.06 bits per heavy atom. The topological polar surface area (TPSA) is 21.3 Å². The molecule has 0 fully saturated rings. The molecule has 0 spiro atoms. The molecule has 3 heteroatoms. The van der Waals surface area contributed by atoms with Gasteiger partial charge in [0.2, 0.25) is 0 Å². The highest BCUT2D eigenvalue weighted by Gasteiger charge is 2.22. The summed E-state index contributed by atoms with van der Waals surface area (Å²) in [5.74, 6) is 0. The molecule has 0 unspecified atom stereocenters. The summed E-state index contributed by atoms with van der Waals surface area (Å²) in [6, 6.07) is 69.8. The first-order chi connectivity index (χ1) is 26.3. The largest absolute Gasteiger partial charge is 0.455 e. The van der Waals surface area contributed by atoms with E-state index < -0.39 is 0 Å². The minimum absolute atomic E-state index is 0.867. The van der Waals surface area contributed by atoms with Crippen LogP contribution in [0.1, 0.15) is 0 Å². The molecule has 248 valence electrons. The molecule has 0 atom stereocenters. The number of benzene rings is 9. The number of aromatic nitrogens is 1. The number of rotatable bonds is 5. The van der Waals surface area contributed by atoms with E-state index in [4.69, 9.17) is 4.42 Å². The van der Waals surface area contributed by atoms with Gasteiger partial charge in [0.15, 0.2) is 0 Å². The molecule has 0 aliphatic rings. The van der Waals surface area contributed by atoms with Crippen LogP contribution in [-0.4, -0.2) is 4.57 Å². The summed E-state index contributed by atoms with van der Waals surface area (Å²) in [6.45, 7) is 0. The Bertz CT molecular complexity index is 3170. The molecule has 0 radical (unpaired) electrons. The van der Waals surface area contributed by atoms with Gasteiger partial charge >= 0.3 is 0 Å². The van der Waals surface area contributed by atoms with Gasteiger partial charge in [0.1, 0.15) is 11.2 Å². The lowest BCUT2D eigenvalue weighted by Gasteiger charge is -2.27. The zero-order valence-electron chi connectivity index (χ0n) is 28.8. The first-order valence-electron chi connectivity index (χ1n) is 18.1. The van der Waals surface area contributed by atoms with E-state index in [0.29, 0.717) is 0 Å². The first kappa shape index (κ1) is 29.6. The Labute approximate surface area is 306 Å². The van der Waals surface area contributed by atoms with Crippen LogP contribution in [0.5, 0.6) is 0 Å². The first-order valence-corrected chi connectivity index (χ1v) is 18.1. The number of nitrogens with zero attached hydrogens (tertiary/aromatic N) is 2. The lowest BCUT2D eigenvalue weighted by molar-refractivity contribution is 0.672. The summed E-state index contributed by atoms with van der Waals surface area (Å²) in [5, 5.41) is 9.42. The molecule has 53 heavy (non-hydrogen) atoms. The van der Waals surface area contributed by atoms with Crippen molar-refractivity contribution in [3.63, 3.8) is 0 Å². The standard InChI is InChI=1S/C50H32N2O/c1-2-14-38(15-3-1)52-45-18-9-8-17-42(45)43-30-28-40(32-47(43)52)51(39-26-23-34(24-27-39)37-22-21-33-11-4-5-13-36(33)31-37)46-19-10-20-48-49(46)44-29-25-35-12-6-7-16-41(35)50(44)53-48/h1-32H. The quantitative estimate of drug-likeness (QED) is 0.181. The maximum atomic E-state index is 6.70. The second kappa shape index (κ2) is 11.7. The molecule has 0 saturated carbocycles. The lowest BCUT2D eigenvalue weighted by atomic mass is 10.0. The molecule has 9 aromatic carbocycles. The molecule has 0 aliphatic heterocycles. The number of furan rings is 1. The van der Waals surface area contributed by atoms with E-state index in [1.54, 1.807) is 0 Å². The normalized spacial score (nSPS) is 11.8. The third-order valence-corrected chi connectivity index (χ3v) is 10.7. The van der Waals surface area contributed by atoms with Crippen molar-refractivity contribution in [3.05, 3.63) is 194 Å². The zero-order valence-corrected chi connectivity index (χ0v) is 28.8. The van der Waals surface area contributed by atoms with E-state index in [9.17, 15) is 0 Å². The van der Waals surface area contributed by atoms with Gasteiger partial charge in [-0.2, -0.15) is 0 Å². The minimum Gasteiger partial charge on any atom is -0.455 e. The Hall–Kier alpha value is -7.10. The Balaban J connectivity index is 1.16. The fraction of sp³-hybridized carbons (Fsp3) is 0. The molecule has 0 N–H and O–H groups in total. The Morgan fingerprint density at radius 3 is 1.92 bits per heavy atom. The highest BCUT2D eigenvalue weighted by Crippen LogP contribution is 2.46. The third-order valence-electron chi connectivity index (χ3n) is 10.7. The zero-order chi connectivity index (χ0) is 34.9. The molecule has 0 saturated heterocycles. The van der Waals surface area contributed by atoms with Gasteiger partial charge in [-0.05, 0) is 94.0 Å². The van der Waals surface area contributed by atoms with E-state index in [0.717, 1.165) is 55.6 Å². The van der Waals surface area contributed by atoms with Crippen molar-refractivity contribution < 1.29 is 4.42 Å². The highest BCUT2D eigenvalue weighted by atomic mass is 16.3. The summed E-state index contributed by atoms with van der Waals surface area (Å²) < 4.78 is 9.08. The number of hydrogen-bond acceptors (Lipinski definition) is 2. The molecule has 3 nitrogen and oxygen atoms in total. The second-order valence-corrected chi connectivity index (χ2v) is 13.7. The SMILES string of the molecule is c1ccc(-n2c3ccccc3c3ccc(N(c4ccc(-c5ccc6ccccc6c5)cc4)c4cccc5oc6c7ccccc7ccc6c45)cc32)cc1. The average Bonchev–Trinajstić information content (AvgIpc) is 3.78. The third kappa shape index (κ3) is 4.68. The molecular weight excluding hydrogens is 645 g/mol. The van der Waals surface area contributed by atoms with E-state index >= 15 is 0 Å². The summed E-state index contributed by atoms with van der Waals surface area (Å²) in [6.07, 6.45) is 0. The fourth-order valence-corrected chi connectivity index (χ4v) is 8.27. The summed E-state index contributed by atoms with van der Waals surface area (Å²) in [5.41, 5.74) is 10.8. The maximum absolute atomic E-state index is 6.70. The van der Waals surface area contributed by atoms with Gasteiger partial charge in [-0.3, -0.25) is 0 Å². The van der Waals surface area contributed by atoms with Gasteiger partial charge in [-0.15, -0.1) is 0 Å². The van der Waals surface area contributed by atoms with Crippen molar-refractivity contribution in [3.8, 4) is 16.8 Å². The molecule has 11 rings (SSSR count). The summed E-state index contributed by atoms with van der Waals surface area (Å²) in [7, 11) is 0. The minimum atomic E-state index is 0.867. The molecule has 0 amide bonds. The summed E-state index contributed by atoms with van der Waals surface area (Å²) in [4.78, 5) is 2.39. The number of hydrogen-bond donors (Lipinski definition) is 0.